The fraction of sp³-hybridized carbons (Fsp3) is 0.190. The summed E-state index contributed by atoms with van der Waals surface area (Å²) < 4.78 is 0. The van der Waals surface area contributed by atoms with Crippen LogP contribution in [0.25, 0.3) is 0 Å². The number of hydrogen-bond donors (Lipinski definition) is 1. The smallest absolute Gasteiger partial charge is 0.220 e. The van der Waals surface area contributed by atoms with Gasteiger partial charge in [-0.1, -0.05) is 60.1 Å². The summed E-state index contributed by atoms with van der Waals surface area (Å²) in [5.74, 6) is -0.0934. The van der Waals surface area contributed by atoms with Crippen molar-refractivity contribution in [2.45, 2.75) is 18.8 Å². The molecule has 5 heteroatoms. The SMILES string of the molecule is O=C(CC(c1ccccc1)c1ccccc1Cl)NCCc1cnccn1. The fourth-order valence-electron chi connectivity index (χ4n) is 2.90. The zero-order chi connectivity index (χ0) is 18.2. The van der Waals surface area contributed by atoms with Crippen LogP contribution in [0.3, 0.4) is 0 Å². The van der Waals surface area contributed by atoms with E-state index in [1.54, 1.807) is 18.6 Å². The van der Waals surface area contributed by atoms with Crippen LogP contribution in [0.15, 0.2) is 73.2 Å². The van der Waals surface area contributed by atoms with E-state index in [2.05, 4.69) is 15.3 Å². The first kappa shape index (κ1) is 18.1. The molecule has 1 N–H and O–H groups in total. The van der Waals surface area contributed by atoms with Crippen molar-refractivity contribution in [3.8, 4) is 0 Å². The minimum Gasteiger partial charge on any atom is -0.356 e. The molecule has 0 spiro atoms. The highest BCUT2D eigenvalue weighted by atomic mass is 35.5. The predicted octanol–water partition coefficient (Wildman–Crippen LogP) is 4.01. The second-order valence-corrected chi connectivity index (χ2v) is 6.39. The van der Waals surface area contributed by atoms with Crippen molar-refractivity contribution in [1.29, 1.82) is 0 Å². The molecule has 1 heterocycles. The van der Waals surface area contributed by atoms with Crippen molar-refractivity contribution in [3.63, 3.8) is 0 Å². The third-order valence-corrected chi connectivity index (χ3v) is 4.54. The molecule has 1 unspecified atom stereocenters. The molecular weight excluding hydrogens is 346 g/mol. The van der Waals surface area contributed by atoms with Gasteiger partial charge in [0.05, 0.1) is 5.69 Å². The third kappa shape index (κ3) is 4.90. The van der Waals surface area contributed by atoms with Gasteiger partial charge in [-0.2, -0.15) is 0 Å². The normalized spacial score (nSPS) is 11.7. The molecule has 0 saturated heterocycles. The van der Waals surface area contributed by atoms with Crippen LogP contribution in [-0.4, -0.2) is 22.4 Å². The van der Waals surface area contributed by atoms with Gasteiger partial charge in [0.15, 0.2) is 0 Å². The topological polar surface area (TPSA) is 54.9 Å². The largest absolute Gasteiger partial charge is 0.356 e. The number of benzene rings is 2. The summed E-state index contributed by atoms with van der Waals surface area (Å²) in [5.41, 5.74) is 2.90. The summed E-state index contributed by atoms with van der Waals surface area (Å²) in [6.07, 6.45) is 5.99. The standard InChI is InChI=1S/C21H20ClN3O/c22-20-9-5-4-8-18(20)19(16-6-2-1-3-7-16)14-21(26)25-11-10-17-15-23-12-13-24-17/h1-9,12-13,15,19H,10-11,14H2,(H,25,26). The molecule has 0 radical (unpaired) electrons. The zero-order valence-corrected chi connectivity index (χ0v) is 15.1. The average molecular weight is 366 g/mol. The van der Waals surface area contributed by atoms with E-state index in [0.717, 1.165) is 16.8 Å². The molecule has 1 aromatic heterocycles. The van der Waals surface area contributed by atoms with E-state index in [-0.39, 0.29) is 11.8 Å². The first-order chi connectivity index (χ1) is 12.7. The molecule has 132 valence electrons. The zero-order valence-electron chi connectivity index (χ0n) is 14.3. The summed E-state index contributed by atoms with van der Waals surface area (Å²) in [4.78, 5) is 20.8. The lowest BCUT2D eigenvalue weighted by molar-refractivity contribution is -0.121. The summed E-state index contributed by atoms with van der Waals surface area (Å²) in [6.45, 7) is 0.529. The van der Waals surface area contributed by atoms with Gasteiger partial charge in [0.25, 0.3) is 0 Å². The second-order valence-electron chi connectivity index (χ2n) is 5.99. The molecule has 0 fully saturated rings. The summed E-state index contributed by atoms with van der Waals surface area (Å²) in [7, 11) is 0. The maximum Gasteiger partial charge on any atom is 0.220 e. The molecule has 4 nitrogen and oxygen atoms in total. The molecule has 3 rings (SSSR count). The Bertz CT molecular complexity index is 840. The predicted molar refractivity (Wildman–Crippen MR) is 103 cm³/mol. The highest BCUT2D eigenvalue weighted by Gasteiger charge is 2.20. The maximum atomic E-state index is 12.5. The van der Waals surface area contributed by atoms with Gasteiger partial charge in [-0.3, -0.25) is 14.8 Å². The Kier molecular flexibility index (Phi) is 6.34. The second kappa shape index (κ2) is 9.11. The number of carbonyl (C=O) groups is 1. The Hall–Kier alpha value is -2.72. The molecular formula is C21H20ClN3O. The number of rotatable bonds is 7. The van der Waals surface area contributed by atoms with E-state index < -0.39 is 0 Å². The van der Waals surface area contributed by atoms with Gasteiger partial charge in [0.2, 0.25) is 5.91 Å². The van der Waals surface area contributed by atoms with Crippen molar-refractivity contribution in [2.75, 3.05) is 6.54 Å². The summed E-state index contributed by atoms with van der Waals surface area (Å²) >= 11 is 6.39. The molecule has 0 saturated carbocycles. The minimum atomic E-state index is -0.0820. The quantitative estimate of drug-likeness (QED) is 0.688. The van der Waals surface area contributed by atoms with Gasteiger partial charge in [0, 0.05) is 48.9 Å². The number of carbonyl (C=O) groups excluding carboxylic acids is 1. The van der Waals surface area contributed by atoms with Crippen molar-refractivity contribution in [3.05, 3.63) is 95.0 Å². The number of amides is 1. The van der Waals surface area contributed by atoms with Crippen molar-refractivity contribution in [2.24, 2.45) is 0 Å². The number of halogens is 1. The number of nitrogens with zero attached hydrogens (tertiary/aromatic N) is 2. The third-order valence-electron chi connectivity index (χ3n) is 4.19. The molecule has 0 aliphatic heterocycles. The first-order valence-corrected chi connectivity index (χ1v) is 8.93. The van der Waals surface area contributed by atoms with Crippen LogP contribution in [0, 0.1) is 0 Å². The van der Waals surface area contributed by atoms with Gasteiger partial charge in [-0.25, -0.2) is 0 Å². The van der Waals surface area contributed by atoms with Gasteiger partial charge in [-0.05, 0) is 17.2 Å². The number of hydrogen-bond acceptors (Lipinski definition) is 3. The van der Waals surface area contributed by atoms with Gasteiger partial charge >= 0.3 is 0 Å². The Morgan fingerprint density at radius 3 is 2.54 bits per heavy atom. The number of nitrogens with one attached hydrogen (secondary N) is 1. The van der Waals surface area contributed by atoms with Crippen LogP contribution in [0.4, 0.5) is 0 Å². The lowest BCUT2D eigenvalue weighted by Gasteiger charge is -2.19. The van der Waals surface area contributed by atoms with Crippen LogP contribution >= 0.6 is 11.6 Å². The van der Waals surface area contributed by atoms with E-state index in [1.807, 2.05) is 54.6 Å². The highest BCUT2D eigenvalue weighted by Crippen LogP contribution is 2.32. The van der Waals surface area contributed by atoms with E-state index in [9.17, 15) is 4.79 Å². The average Bonchev–Trinajstić information content (AvgIpc) is 2.68. The van der Waals surface area contributed by atoms with E-state index in [4.69, 9.17) is 11.6 Å². The van der Waals surface area contributed by atoms with Gasteiger partial charge in [0.1, 0.15) is 0 Å². The minimum absolute atomic E-state index is 0.0114. The van der Waals surface area contributed by atoms with Crippen LogP contribution in [0.2, 0.25) is 5.02 Å². The fourth-order valence-corrected chi connectivity index (χ4v) is 3.16. The Morgan fingerprint density at radius 1 is 1.04 bits per heavy atom. The Balaban J connectivity index is 1.68. The van der Waals surface area contributed by atoms with Crippen LogP contribution in [0.1, 0.15) is 29.2 Å². The Labute approximate surface area is 158 Å². The lowest BCUT2D eigenvalue weighted by Crippen LogP contribution is -2.27. The molecule has 1 atom stereocenters. The van der Waals surface area contributed by atoms with E-state index in [0.29, 0.717) is 24.4 Å². The maximum absolute atomic E-state index is 12.5. The van der Waals surface area contributed by atoms with Crippen molar-refractivity contribution in [1.82, 2.24) is 15.3 Å². The first-order valence-electron chi connectivity index (χ1n) is 8.55. The van der Waals surface area contributed by atoms with Gasteiger partial charge < -0.3 is 5.32 Å². The monoisotopic (exact) mass is 365 g/mol. The van der Waals surface area contributed by atoms with Crippen molar-refractivity contribution >= 4 is 17.5 Å². The molecule has 1 amide bonds. The molecule has 0 aliphatic carbocycles. The van der Waals surface area contributed by atoms with Crippen LogP contribution in [0.5, 0.6) is 0 Å². The van der Waals surface area contributed by atoms with Crippen molar-refractivity contribution < 1.29 is 4.79 Å². The van der Waals surface area contributed by atoms with E-state index >= 15 is 0 Å². The van der Waals surface area contributed by atoms with E-state index in [1.165, 1.54) is 0 Å². The molecule has 0 bridgehead atoms. The Morgan fingerprint density at radius 2 is 1.81 bits per heavy atom. The van der Waals surface area contributed by atoms with Crippen LogP contribution in [-0.2, 0) is 11.2 Å². The van der Waals surface area contributed by atoms with Gasteiger partial charge in [-0.15, -0.1) is 0 Å². The summed E-state index contributed by atoms with van der Waals surface area (Å²) in [5, 5.41) is 3.65. The number of aromatic nitrogens is 2. The molecule has 0 aliphatic rings. The lowest BCUT2D eigenvalue weighted by atomic mass is 9.88. The molecule has 3 aromatic rings. The summed E-state index contributed by atoms with van der Waals surface area (Å²) in [6, 6.07) is 17.7. The van der Waals surface area contributed by atoms with Crippen LogP contribution < -0.4 is 5.32 Å². The molecule has 2 aromatic carbocycles. The highest BCUT2D eigenvalue weighted by molar-refractivity contribution is 6.31. The molecule has 26 heavy (non-hydrogen) atoms.